The number of nitrogens with one attached hydrogen (secondary N) is 2. The average Bonchev–Trinajstić information content (AvgIpc) is 3.08. The molecular weight excluding hydrogens is 414 g/mol. The van der Waals surface area contributed by atoms with Crippen LogP contribution in [-0.2, 0) is 14.8 Å². The summed E-state index contributed by atoms with van der Waals surface area (Å²) in [6, 6.07) is 12.0. The van der Waals surface area contributed by atoms with Gasteiger partial charge in [-0.15, -0.1) is 0 Å². The summed E-state index contributed by atoms with van der Waals surface area (Å²) in [4.78, 5) is 11.9. The number of hydrogen-bond donors (Lipinski definition) is 2. The Hall–Kier alpha value is -3.39. The van der Waals surface area contributed by atoms with Gasteiger partial charge in [0.05, 0.1) is 10.6 Å². The Morgan fingerprint density at radius 3 is 2.42 bits per heavy atom. The van der Waals surface area contributed by atoms with E-state index in [-0.39, 0.29) is 10.8 Å². The number of carbonyl (C=O) groups excluding carboxylic acids is 1. The van der Waals surface area contributed by atoms with Crippen molar-refractivity contribution in [3.63, 3.8) is 0 Å². The summed E-state index contributed by atoms with van der Waals surface area (Å²) >= 11 is 0. The van der Waals surface area contributed by atoms with Gasteiger partial charge in [-0.05, 0) is 56.2 Å². The number of carbonyl (C=O) groups is 1. The van der Waals surface area contributed by atoms with Gasteiger partial charge in [0.1, 0.15) is 11.4 Å². The number of aromatic nitrogens is 1. The van der Waals surface area contributed by atoms with Crippen LogP contribution in [0.2, 0.25) is 0 Å². The molecule has 1 heterocycles. The smallest absolute Gasteiger partial charge is 0.261 e. The van der Waals surface area contributed by atoms with Crippen LogP contribution in [0.4, 0.5) is 11.4 Å². The van der Waals surface area contributed by atoms with E-state index < -0.39 is 10.0 Å². The van der Waals surface area contributed by atoms with Crippen LogP contribution in [0.3, 0.4) is 0 Å². The summed E-state index contributed by atoms with van der Waals surface area (Å²) in [6.45, 7) is 7.33. The lowest BCUT2D eigenvalue weighted by molar-refractivity contribution is -0.115. The highest BCUT2D eigenvalue weighted by atomic mass is 32.2. The number of anilines is 2. The molecular formula is C23H25N3O4S. The molecule has 162 valence electrons. The minimum atomic E-state index is -3.70. The van der Waals surface area contributed by atoms with E-state index in [2.05, 4.69) is 15.2 Å². The second kappa shape index (κ2) is 9.18. The molecule has 0 saturated carbocycles. The molecule has 7 nitrogen and oxygen atoms in total. The quantitative estimate of drug-likeness (QED) is 0.544. The molecule has 1 amide bonds. The Bertz CT molecular complexity index is 1230. The molecule has 0 aliphatic carbocycles. The maximum Gasteiger partial charge on any atom is 0.261 e. The lowest BCUT2D eigenvalue weighted by Crippen LogP contribution is -2.13. The van der Waals surface area contributed by atoms with E-state index in [1.165, 1.54) is 12.1 Å². The Labute approximate surface area is 182 Å². The molecule has 2 N–H and O–H groups in total. The lowest BCUT2D eigenvalue weighted by atomic mass is 10.1. The Kier molecular flexibility index (Phi) is 6.60. The fraction of sp³-hybridized carbons (Fsp3) is 0.217. The first kappa shape index (κ1) is 22.3. The van der Waals surface area contributed by atoms with Crippen LogP contribution in [0.1, 0.15) is 41.5 Å². The van der Waals surface area contributed by atoms with Gasteiger partial charge in [0.2, 0.25) is 5.91 Å². The van der Waals surface area contributed by atoms with Gasteiger partial charge in [0.25, 0.3) is 10.0 Å². The van der Waals surface area contributed by atoms with Crippen molar-refractivity contribution in [3.05, 3.63) is 70.6 Å². The first-order valence-corrected chi connectivity index (χ1v) is 11.3. The molecule has 0 spiro atoms. The van der Waals surface area contributed by atoms with Gasteiger partial charge < -0.3 is 9.84 Å². The van der Waals surface area contributed by atoms with Crippen LogP contribution < -0.4 is 10.0 Å². The normalized spacial score (nSPS) is 11.6. The molecule has 0 saturated heterocycles. The number of rotatable bonds is 7. The Balaban J connectivity index is 1.77. The summed E-state index contributed by atoms with van der Waals surface area (Å²) in [5, 5.41) is 6.66. The predicted octanol–water partition coefficient (Wildman–Crippen LogP) is 4.92. The molecule has 1 aromatic heterocycles. The number of sulfonamides is 1. The van der Waals surface area contributed by atoms with E-state index in [0.29, 0.717) is 29.2 Å². The number of aryl methyl sites for hydroxylation is 3. The highest BCUT2D eigenvalue weighted by Crippen LogP contribution is 2.24. The van der Waals surface area contributed by atoms with E-state index in [1.54, 1.807) is 44.2 Å². The van der Waals surface area contributed by atoms with Crippen molar-refractivity contribution in [2.45, 2.75) is 39.0 Å². The van der Waals surface area contributed by atoms with Crippen molar-refractivity contribution in [3.8, 4) is 0 Å². The largest absolute Gasteiger partial charge is 0.354 e. The molecule has 3 rings (SSSR count). The van der Waals surface area contributed by atoms with E-state index >= 15 is 0 Å². The number of amides is 1. The summed E-state index contributed by atoms with van der Waals surface area (Å²) in [7, 11) is -3.70. The second-order valence-electron chi connectivity index (χ2n) is 7.24. The minimum absolute atomic E-state index is 0.133. The highest BCUT2D eigenvalue weighted by molar-refractivity contribution is 7.92. The van der Waals surface area contributed by atoms with Crippen LogP contribution in [-0.4, -0.2) is 19.5 Å². The number of hydrogen-bond acceptors (Lipinski definition) is 5. The maximum absolute atomic E-state index is 12.7. The zero-order valence-electron chi connectivity index (χ0n) is 17.9. The van der Waals surface area contributed by atoms with E-state index in [1.807, 2.05) is 26.0 Å². The van der Waals surface area contributed by atoms with Crippen molar-refractivity contribution in [2.24, 2.45) is 0 Å². The van der Waals surface area contributed by atoms with Crippen LogP contribution in [0.15, 0.2) is 51.9 Å². The highest BCUT2D eigenvalue weighted by Gasteiger charge is 2.15. The average molecular weight is 440 g/mol. The fourth-order valence-electron chi connectivity index (χ4n) is 2.94. The minimum Gasteiger partial charge on any atom is -0.354 e. The van der Waals surface area contributed by atoms with Crippen molar-refractivity contribution in [1.82, 2.24) is 5.16 Å². The van der Waals surface area contributed by atoms with Crippen molar-refractivity contribution < 1.29 is 17.7 Å². The van der Waals surface area contributed by atoms with Crippen LogP contribution in [0, 0.1) is 20.8 Å². The van der Waals surface area contributed by atoms with Gasteiger partial charge in [0.15, 0.2) is 5.76 Å². The third-order valence-corrected chi connectivity index (χ3v) is 6.10. The van der Waals surface area contributed by atoms with Crippen LogP contribution in [0.25, 0.3) is 12.2 Å². The molecule has 31 heavy (non-hydrogen) atoms. The molecule has 3 aromatic rings. The topological polar surface area (TPSA) is 101 Å². The molecule has 0 bridgehead atoms. The van der Waals surface area contributed by atoms with Gasteiger partial charge in [-0.3, -0.25) is 9.52 Å². The third kappa shape index (κ3) is 5.40. The molecule has 0 fully saturated rings. The van der Waals surface area contributed by atoms with Gasteiger partial charge in [-0.25, -0.2) is 8.42 Å². The van der Waals surface area contributed by atoms with Gasteiger partial charge in [0, 0.05) is 6.42 Å². The number of nitrogens with zero attached hydrogens (tertiary/aromatic N) is 1. The molecule has 0 radical (unpaired) electrons. The second-order valence-corrected chi connectivity index (χ2v) is 8.92. The lowest BCUT2D eigenvalue weighted by Gasteiger charge is -2.11. The third-order valence-electron chi connectivity index (χ3n) is 4.72. The van der Waals surface area contributed by atoms with Crippen molar-refractivity contribution in [1.29, 1.82) is 0 Å². The van der Waals surface area contributed by atoms with Gasteiger partial charge in [-0.1, -0.05) is 48.0 Å². The summed E-state index contributed by atoms with van der Waals surface area (Å²) in [5.74, 6) is 0.291. The van der Waals surface area contributed by atoms with Crippen molar-refractivity contribution in [2.75, 3.05) is 10.0 Å². The zero-order valence-corrected chi connectivity index (χ0v) is 18.7. The molecule has 0 aliphatic heterocycles. The molecule has 0 aliphatic rings. The van der Waals surface area contributed by atoms with Crippen LogP contribution in [0.5, 0.6) is 0 Å². The van der Waals surface area contributed by atoms with E-state index in [9.17, 15) is 13.2 Å². The monoisotopic (exact) mass is 439 g/mol. The number of benzene rings is 2. The first-order chi connectivity index (χ1) is 14.7. The summed E-state index contributed by atoms with van der Waals surface area (Å²) in [5.41, 5.74) is 4.36. The maximum atomic E-state index is 12.7. The molecule has 0 atom stereocenters. The Morgan fingerprint density at radius 2 is 1.77 bits per heavy atom. The molecule has 2 aromatic carbocycles. The SMILES string of the molecule is CCC(=O)Nc1c(C)noc1/C=C\c1ccc(S(=O)(=O)Nc2ccc(C)cc2C)cc1. The standard InChI is InChI=1S/C23H25N3O4S/c1-5-22(27)24-23-17(4)25-30-21(23)13-9-18-7-10-19(11-8-18)31(28,29)26-20-12-6-15(2)14-16(20)3/h6-14,26H,5H2,1-4H3,(H,24,27)/b13-9-. The van der Waals surface area contributed by atoms with Gasteiger partial charge in [-0.2, -0.15) is 0 Å². The Morgan fingerprint density at radius 1 is 1.06 bits per heavy atom. The van der Waals surface area contributed by atoms with Crippen LogP contribution >= 0.6 is 0 Å². The van der Waals surface area contributed by atoms with E-state index in [4.69, 9.17) is 4.52 Å². The zero-order chi connectivity index (χ0) is 22.6. The van der Waals surface area contributed by atoms with Crippen molar-refractivity contribution >= 4 is 39.5 Å². The predicted molar refractivity (Wildman–Crippen MR) is 122 cm³/mol. The molecule has 0 unspecified atom stereocenters. The summed E-state index contributed by atoms with van der Waals surface area (Å²) < 4.78 is 33.3. The first-order valence-electron chi connectivity index (χ1n) is 9.84. The van der Waals surface area contributed by atoms with Gasteiger partial charge >= 0.3 is 0 Å². The summed E-state index contributed by atoms with van der Waals surface area (Å²) in [6.07, 6.45) is 3.79. The molecule has 8 heteroatoms. The van der Waals surface area contributed by atoms with E-state index in [0.717, 1.165) is 16.7 Å². The fourth-order valence-corrected chi connectivity index (χ4v) is 4.07.